The van der Waals surface area contributed by atoms with E-state index in [1.54, 1.807) is 6.07 Å². The van der Waals surface area contributed by atoms with Crippen LogP contribution in [-0.2, 0) is 12.8 Å². The first-order valence-corrected chi connectivity index (χ1v) is 6.49. The molecule has 3 rings (SSSR count). The van der Waals surface area contributed by atoms with Gasteiger partial charge in [-0.15, -0.1) is 0 Å². The number of anilines is 1. The molecule has 102 valence electrons. The molecule has 3 nitrogen and oxygen atoms in total. The van der Waals surface area contributed by atoms with Crippen LogP contribution in [0.5, 0.6) is 0 Å². The lowest BCUT2D eigenvalue weighted by Gasteiger charge is -2.14. The molecule has 0 saturated heterocycles. The topological polar surface area (TPSA) is 49.3 Å². The number of hydrogen-bond acceptors (Lipinski definition) is 2. The molecule has 0 saturated carbocycles. The Morgan fingerprint density at radius 3 is 2.40 bits per heavy atom. The minimum absolute atomic E-state index is 0.222. The highest BCUT2D eigenvalue weighted by Crippen LogP contribution is 2.25. The molecule has 0 aliphatic heterocycles. The second-order valence-corrected chi connectivity index (χ2v) is 5.02. The van der Waals surface area contributed by atoms with E-state index >= 15 is 0 Å². The smallest absolute Gasteiger partial charge is 0.338 e. The second-order valence-electron chi connectivity index (χ2n) is 5.02. The fourth-order valence-corrected chi connectivity index (χ4v) is 2.68. The highest BCUT2D eigenvalue weighted by atomic mass is 19.1. The number of carbonyl (C=O) groups is 1. The van der Waals surface area contributed by atoms with Gasteiger partial charge in [-0.2, -0.15) is 0 Å². The second kappa shape index (κ2) is 4.96. The van der Waals surface area contributed by atoms with E-state index in [-0.39, 0.29) is 11.6 Å². The minimum Gasteiger partial charge on any atom is -0.478 e. The van der Waals surface area contributed by atoms with Gasteiger partial charge in [0, 0.05) is 11.7 Å². The number of rotatable bonds is 3. The Labute approximate surface area is 116 Å². The number of halogens is 1. The molecule has 0 amide bonds. The Bertz CT molecular complexity index is 644. The summed E-state index contributed by atoms with van der Waals surface area (Å²) < 4.78 is 13.3. The highest BCUT2D eigenvalue weighted by Gasteiger charge is 2.21. The molecule has 1 aliphatic rings. The van der Waals surface area contributed by atoms with Crippen LogP contribution in [-0.4, -0.2) is 17.1 Å². The van der Waals surface area contributed by atoms with E-state index in [2.05, 4.69) is 17.4 Å². The molecule has 0 radical (unpaired) electrons. The summed E-state index contributed by atoms with van der Waals surface area (Å²) in [4.78, 5) is 10.9. The van der Waals surface area contributed by atoms with Gasteiger partial charge in [0.2, 0.25) is 0 Å². The lowest BCUT2D eigenvalue weighted by atomic mass is 10.1. The van der Waals surface area contributed by atoms with Crippen molar-refractivity contribution in [2.75, 3.05) is 5.32 Å². The van der Waals surface area contributed by atoms with Crippen molar-refractivity contribution in [3.63, 3.8) is 0 Å². The first-order valence-electron chi connectivity index (χ1n) is 6.49. The third-order valence-electron chi connectivity index (χ3n) is 3.62. The fraction of sp³-hybridized carbons (Fsp3) is 0.188. The van der Waals surface area contributed by atoms with Gasteiger partial charge in [-0.25, -0.2) is 9.18 Å². The molecule has 2 aromatic carbocycles. The van der Waals surface area contributed by atoms with Crippen molar-refractivity contribution in [2.24, 2.45) is 0 Å². The number of fused-ring (bicyclic) bond motifs is 1. The molecular formula is C16H14FNO2. The highest BCUT2D eigenvalue weighted by molar-refractivity contribution is 5.89. The van der Waals surface area contributed by atoms with Crippen molar-refractivity contribution >= 4 is 11.7 Å². The van der Waals surface area contributed by atoms with E-state index in [4.69, 9.17) is 5.11 Å². The van der Waals surface area contributed by atoms with Crippen LogP contribution in [0.4, 0.5) is 10.1 Å². The van der Waals surface area contributed by atoms with Crippen molar-refractivity contribution in [1.82, 2.24) is 0 Å². The van der Waals surface area contributed by atoms with E-state index < -0.39 is 11.8 Å². The monoisotopic (exact) mass is 271 g/mol. The molecule has 20 heavy (non-hydrogen) atoms. The third-order valence-corrected chi connectivity index (χ3v) is 3.62. The molecule has 1 aliphatic carbocycles. The maximum absolute atomic E-state index is 13.3. The molecule has 0 bridgehead atoms. The van der Waals surface area contributed by atoms with E-state index in [9.17, 15) is 9.18 Å². The van der Waals surface area contributed by atoms with Gasteiger partial charge in [0.1, 0.15) is 5.82 Å². The zero-order chi connectivity index (χ0) is 14.1. The van der Waals surface area contributed by atoms with Crippen molar-refractivity contribution < 1.29 is 14.3 Å². The maximum atomic E-state index is 13.3. The largest absolute Gasteiger partial charge is 0.478 e. The van der Waals surface area contributed by atoms with Crippen LogP contribution in [0.25, 0.3) is 0 Å². The summed E-state index contributed by atoms with van der Waals surface area (Å²) in [5.41, 5.74) is 2.96. The van der Waals surface area contributed by atoms with Crippen LogP contribution in [0.2, 0.25) is 0 Å². The summed E-state index contributed by atoms with van der Waals surface area (Å²) in [6.45, 7) is 0. The van der Waals surface area contributed by atoms with Gasteiger partial charge < -0.3 is 10.4 Å². The van der Waals surface area contributed by atoms with E-state index in [0.29, 0.717) is 5.69 Å². The summed E-state index contributed by atoms with van der Waals surface area (Å²) in [5.74, 6) is -1.96. The first-order chi connectivity index (χ1) is 9.63. The zero-order valence-corrected chi connectivity index (χ0v) is 10.8. The summed E-state index contributed by atoms with van der Waals surface area (Å²) in [5, 5.41) is 12.2. The third kappa shape index (κ3) is 2.37. The minimum atomic E-state index is -1.25. The average Bonchev–Trinajstić information content (AvgIpc) is 2.82. The summed E-state index contributed by atoms with van der Waals surface area (Å²) in [6, 6.07) is 12.6. The molecule has 0 fully saturated rings. The molecule has 0 spiro atoms. The SMILES string of the molecule is O=C(O)c1cc(NC2Cc3ccccc3C2)ccc1F. The van der Waals surface area contributed by atoms with Gasteiger partial charge in [0.05, 0.1) is 5.56 Å². The molecule has 0 aromatic heterocycles. The molecule has 0 heterocycles. The standard InChI is InChI=1S/C16H14FNO2/c17-15-6-5-12(9-14(15)16(19)20)18-13-7-10-3-1-2-4-11(10)8-13/h1-6,9,13,18H,7-8H2,(H,19,20). The van der Waals surface area contributed by atoms with Crippen LogP contribution >= 0.6 is 0 Å². The predicted molar refractivity (Wildman–Crippen MR) is 74.6 cm³/mol. The van der Waals surface area contributed by atoms with E-state index in [1.807, 2.05) is 12.1 Å². The van der Waals surface area contributed by atoms with E-state index in [1.165, 1.54) is 23.3 Å². The molecule has 4 heteroatoms. The van der Waals surface area contributed by atoms with Gasteiger partial charge >= 0.3 is 5.97 Å². The Balaban J connectivity index is 1.77. The number of nitrogens with one attached hydrogen (secondary N) is 1. The van der Waals surface area contributed by atoms with Crippen molar-refractivity contribution in [3.05, 3.63) is 65.0 Å². The van der Waals surface area contributed by atoms with Crippen LogP contribution in [0.1, 0.15) is 21.5 Å². The fourth-order valence-electron chi connectivity index (χ4n) is 2.68. The predicted octanol–water partition coefficient (Wildman–Crippen LogP) is 3.10. The quantitative estimate of drug-likeness (QED) is 0.901. The number of carboxylic acid groups (broad SMARTS) is 1. The van der Waals surface area contributed by atoms with Crippen molar-refractivity contribution in [1.29, 1.82) is 0 Å². The number of benzene rings is 2. The van der Waals surface area contributed by atoms with Crippen molar-refractivity contribution in [2.45, 2.75) is 18.9 Å². The Morgan fingerprint density at radius 1 is 1.15 bits per heavy atom. The Kier molecular flexibility index (Phi) is 3.14. The number of carboxylic acids is 1. The number of aromatic carboxylic acids is 1. The van der Waals surface area contributed by atoms with Crippen LogP contribution < -0.4 is 5.32 Å². The van der Waals surface area contributed by atoms with Gasteiger partial charge in [0.25, 0.3) is 0 Å². The Hall–Kier alpha value is -2.36. The lowest BCUT2D eigenvalue weighted by Crippen LogP contribution is -2.19. The Morgan fingerprint density at radius 2 is 1.80 bits per heavy atom. The summed E-state index contributed by atoms with van der Waals surface area (Å²) in [6.07, 6.45) is 1.80. The summed E-state index contributed by atoms with van der Waals surface area (Å²) >= 11 is 0. The molecule has 0 unspecified atom stereocenters. The number of hydrogen-bond donors (Lipinski definition) is 2. The van der Waals surface area contributed by atoms with Crippen LogP contribution in [0, 0.1) is 5.82 Å². The lowest BCUT2D eigenvalue weighted by molar-refractivity contribution is 0.0692. The van der Waals surface area contributed by atoms with E-state index in [0.717, 1.165) is 12.8 Å². The molecule has 2 aromatic rings. The average molecular weight is 271 g/mol. The zero-order valence-electron chi connectivity index (χ0n) is 10.8. The maximum Gasteiger partial charge on any atom is 0.338 e. The summed E-state index contributed by atoms with van der Waals surface area (Å²) in [7, 11) is 0. The van der Waals surface area contributed by atoms with Gasteiger partial charge in [-0.05, 0) is 42.2 Å². The van der Waals surface area contributed by atoms with Crippen LogP contribution in [0.15, 0.2) is 42.5 Å². The van der Waals surface area contributed by atoms with Crippen LogP contribution in [0.3, 0.4) is 0 Å². The molecular weight excluding hydrogens is 257 g/mol. The van der Waals surface area contributed by atoms with Gasteiger partial charge in [-0.1, -0.05) is 24.3 Å². The first kappa shape index (κ1) is 12.7. The van der Waals surface area contributed by atoms with Gasteiger partial charge in [-0.3, -0.25) is 0 Å². The van der Waals surface area contributed by atoms with Crippen molar-refractivity contribution in [3.8, 4) is 0 Å². The molecule has 0 atom stereocenters. The normalized spacial score (nSPS) is 14.1. The molecule has 2 N–H and O–H groups in total. The van der Waals surface area contributed by atoms with Gasteiger partial charge in [0.15, 0.2) is 0 Å².